The van der Waals surface area contributed by atoms with Crippen LogP contribution in [0.4, 0.5) is 0 Å². The van der Waals surface area contributed by atoms with Gasteiger partial charge in [-0.3, -0.25) is 4.79 Å². The van der Waals surface area contributed by atoms with Crippen LogP contribution in [0.5, 0.6) is 0 Å². The maximum absolute atomic E-state index is 11.9. The second kappa shape index (κ2) is 8.17. The van der Waals surface area contributed by atoms with E-state index in [2.05, 4.69) is 6.92 Å². The number of aliphatic hydroxyl groups excluding tert-OH is 4. The van der Waals surface area contributed by atoms with Gasteiger partial charge in [0.05, 0.1) is 13.0 Å². The van der Waals surface area contributed by atoms with E-state index in [4.69, 9.17) is 9.84 Å². The average molecular weight is 306 g/mol. The minimum absolute atomic E-state index is 0.251. The summed E-state index contributed by atoms with van der Waals surface area (Å²) in [6.45, 7) is 1.41. The number of hydrogen-bond donors (Lipinski definition) is 5. The monoisotopic (exact) mass is 306 g/mol. The van der Waals surface area contributed by atoms with Crippen LogP contribution < -0.4 is 0 Å². The number of aliphatic hydroxyl groups is 5. The molecule has 0 amide bonds. The van der Waals surface area contributed by atoms with Crippen LogP contribution in [-0.4, -0.2) is 68.1 Å². The van der Waals surface area contributed by atoms with Gasteiger partial charge in [-0.2, -0.15) is 0 Å². The minimum atomic E-state index is -2.28. The van der Waals surface area contributed by atoms with Crippen molar-refractivity contribution in [2.45, 2.75) is 75.7 Å². The van der Waals surface area contributed by atoms with E-state index in [-0.39, 0.29) is 12.2 Å². The summed E-state index contributed by atoms with van der Waals surface area (Å²) in [5.74, 6) is -2.58. The molecule has 0 radical (unpaired) electrons. The number of carbonyl (C=O) groups is 1. The first-order chi connectivity index (χ1) is 9.85. The summed E-state index contributed by atoms with van der Waals surface area (Å²) in [5.41, 5.74) is 0. The molecule has 1 fully saturated rings. The highest BCUT2D eigenvalue weighted by molar-refractivity contribution is 5.79. The fourth-order valence-corrected chi connectivity index (χ4v) is 2.49. The first-order valence-electron chi connectivity index (χ1n) is 7.42. The molecule has 0 aromatic rings. The first-order valence-corrected chi connectivity index (χ1v) is 7.42. The lowest BCUT2D eigenvalue weighted by atomic mass is 9.89. The van der Waals surface area contributed by atoms with E-state index in [0.717, 1.165) is 19.3 Å². The first kappa shape index (κ1) is 18.5. The number of ketones is 1. The Kier molecular flexibility index (Phi) is 7.19. The van der Waals surface area contributed by atoms with Crippen molar-refractivity contribution in [3.63, 3.8) is 0 Å². The molecule has 0 unspecified atom stereocenters. The summed E-state index contributed by atoms with van der Waals surface area (Å²) in [7, 11) is 0. The molecule has 0 aromatic carbocycles. The van der Waals surface area contributed by atoms with Crippen LogP contribution in [0.2, 0.25) is 0 Å². The van der Waals surface area contributed by atoms with Crippen LogP contribution in [0.3, 0.4) is 0 Å². The van der Waals surface area contributed by atoms with Crippen molar-refractivity contribution in [3.05, 3.63) is 0 Å². The summed E-state index contributed by atoms with van der Waals surface area (Å²) in [4.78, 5) is 11.9. The Bertz CT molecular complexity index is 333. The van der Waals surface area contributed by atoms with E-state index in [1.165, 1.54) is 0 Å². The quantitative estimate of drug-likeness (QED) is 0.367. The van der Waals surface area contributed by atoms with Gasteiger partial charge < -0.3 is 30.3 Å². The minimum Gasteiger partial charge on any atom is -0.394 e. The zero-order valence-corrected chi connectivity index (χ0v) is 12.3. The smallest absolute Gasteiger partial charge is 0.202 e. The van der Waals surface area contributed by atoms with Gasteiger partial charge in [0, 0.05) is 6.42 Å². The molecule has 0 aliphatic carbocycles. The van der Waals surface area contributed by atoms with Crippen LogP contribution in [-0.2, 0) is 9.53 Å². The maximum atomic E-state index is 11.9. The van der Waals surface area contributed by atoms with Gasteiger partial charge in [-0.05, 0) is 6.42 Å². The molecule has 1 aliphatic heterocycles. The van der Waals surface area contributed by atoms with Gasteiger partial charge in [0.2, 0.25) is 5.79 Å². The molecular formula is C14H26O7. The molecular weight excluding hydrogens is 280 g/mol. The van der Waals surface area contributed by atoms with Crippen molar-refractivity contribution in [2.75, 3.05) is 6.61 Å². The van der Waals surface area contributed by atoms with Crippen LogP contribution in [0, 0.1) is 0 Å². The molecule has 1 saturated heterocycles. The zero-order valence-electron chi connectivity index (χ0n) is 12.3. The Labute approximate surface area is 124 Å². The molecule has 21 heavy (non-hydrogen) atoms. The van der Waals surface area contributed by atoms with Crippen molar-refractivity contribution in [2.24, 2.45) is 0 Å². The fourth-order valence-electron chi connectivity index (χ4n) is 2.49. The van der Waals surface area contributed by atoms with Crippen molar-refractivity contribution >= 4 is 5.78 Å². The molecule has 0 saturated carbocycles. The predicted octanol–water partition coefficient (Wildman–Crippen LogP) is -0.922. The van der Waals surface area contributed by atoms with E-state index in [1.807, 2.05) is 0 Å². The highest BCUT2D eigenvalue weighted by Crippen LogP contribution is 2.31. The number of rotatable bonds is 8. The van der Waals surface area contributed by atoms with Gasteiger partial charge >= 0.3 is 0 Å². The number of Topliss-reactive ketones (excluding diaryl/α,β-unsaturated/α-hetero) is 1. The number of carbonyl (C=O) groups excluding carboxylic acids is 1. The second-order valence-corrected chi connectivity index (χ2v) is 5.64. The summed E-state index contributed by atoms with van der Waals surface area (Å²) >= 11 is 0. The summed E-state index contributed by atoms with van der Waals surface area (Å²) in [5, 5.41) is 48.4. The van der Waals surface area contributed by atoms with Gasteiger partial charge in [0.1, 0.15) is 30.2 Å². The van der Waals surface area contributed by atoms with Gasteiger partial charge in [-0.1, -0.05) is 26.2 Å². The maximum Gasteiger partial charge on any atom is 0.202 e. The van der Waals surface area contributed by atoms with E-state index < -0.39 is 43.2 Å². The normalized spacial score (nSPS) is 36.7. The van der Waals surface area contributed by atoms with Crippen LogP contribution >= 0.6 is 0 Å². The molecule has 5 atom stereocenters. The van der Waals surface area contributed by atoms with E-state index >= 15 is 0 Å². The van der Waals surface area contributed by atoms with Gasteiger partial charge in [0.25, 0.3) is 0 Å². The van der Waals surface area contributed by atoms with Crippen molar-refractivity contribution in [1.29, 1.82) is 0 Å². The summed E-state index contributed by atoms with van der Waals surface area (Å²) in [6.07, 6.45) is -2.84. The molecule has 1 heterocycles. The molecule has 0 bridgehead atoms. The van der Waals surface area contributed by atoms with Gasteiger partial charge in [-0.15, -0.1) is 0 Å². The van der Waals surface area contributed by atoms with Crippen LogP contribution in [0.1, 0.15) is 45.4 Å². The van der Waals surface area contributed by atoms with Gasteiger partial charge in [-0.25, -0.2) is 0 Å². The average Bonchev–Trinajstić information content (AvgIpc) is 2.45. The van der Waals surface area contributed by atoms with E-state index in [1.54, 1.807) is 0 Å². The lowest BCUT2D eigenvalue weighted by molar-refractivity contribution is -0.347. The molecule has 124 valence electrons. The Hall–Kier alpha value is -0.570. The number of hydrogen-bond acceptors (Lipinski definition) is 7. The third kappa shape index (κ3) is 4.70. The molecule has 1 rings (SSSR count). The standard InChI is InChI=1S/C14H26O7/c1-2-3-4-5-6-9(16)7-14(20)13(19)12(18)11(17)10(8-15)21-14/h10-13,15,17-20H,2-8H2,1H3/t10-,11+,12+,13-,14-/m1/s1. The highest BCUT2D eigenvalue weighted by atomic mass is 16.7. The summed E-state index contributed by atoms with van der Waals surface area (Å²) in [6, 6.07) is 0. The molecule has 1 aliphatic rings. The molecule has 0 spiro atoms. The second-order valence-electron chi connectivity index (χ2n) is 5.64. The summed E-state index contributed by atoms with van der Waals surface area (Å²) < 4.78 is 5.04. The van der Waals surface area contributed by atoms with Crippen molar-refractivity contribution in [3.8, 4) is 0 Å². The Morgan fingerprint density at radius 2 is 1.81 bits per heavy atom. The van der Waals surface area contributed by atoms with Crippen LogP contribution in [0.25, 0.3) is 0 Å². The predicted molar refractivity (Wildman–Crippen MR) is 73.3 cm³/mol. The zero-order chi connectivity index (χ0) is 16.0. The van der Waals surface area contributed by atoms with Gasteiger partial charge in [0.15, 0.2) is 0 Å². The van der Waals surface area contributed by atoms with Crippen molar-refractivity contribution < 1.29 is 35.1 Å². The number of unbranched alkanes of at least 4 members (excludes halogenated alkanes) is 3. The Balaban J connectivity index is 2.59. The molecule has 7 nitrogen and oxygen atoms in total. The third-order valence-corrected chi connectivity index (χ3v) is 3.81. The fraction of sp³-hybridized carbons (Fsp3) is 0.929. The Morgan fingerprint density at radius 1 is 1.14 bits per heavy atom. The molecule has 5 N–H and O–H groups in total. The largest absolute Gasteiger partial charge is 0.394 e. The lowest BCUT2D eigenvalue weighted by Gasteiger charge is -2.45. The topological polar surface area (TPSA) is 127 Å². The third-order valence-electron chi connectivity index (χ3n) is 3.81. The van der Waals surface area contributed by atoms with E-state index in [0.29, 0.717) is 6.42 Å². The Morgan fingerprint density at radius 3 is 2.38 bits per heavy atom. The number of ether oxygens (including phenoxy) is 1. The molecule has 7 heteroatoms. The van der Waals surface area contributed by atoms with Crippen LogP contribution in [0.15, 0.2) is 0 Å². The highest BCUT2D eigenvalue weighted by Gasteiger charge is 2.53. The van der Waals surface area contributed by atoms with E-state index in [9.17, 15) is 25.2 Å². The molecule has 0 aromatic heterocycles. The van der Waals surface area contributed by atoms with Crippen molar-refractivity contribution in [1.82, 2.24) is 0 Å². The SMILES string of the molecule is CCCCCCC(=O)C[C@@]1(O)O[C@H](CO)[C@H](O)[C@H](O)[C@H]1O. The lowest BCUT2D eigenvalue weighted by Crippen LogP contribution is -2.65.